The maximum atomic E-state index is 12.4. The first-order valence-corrected chi connectivity index (χ1v) is 10.6. The molecule has 29 heavy (non-hydrogen) atoms. The molecule has 0 aliphatic heterocycles. The molecule has 0 aromatic heterocycles. The van der Waals surface area contributed by atoms with Crippen molar-refractivity contribution in [3.05, 3.63) is 50.4 Å². The average molecular weight is 529 g/mol. The van der Waals surface area contributed by atoms with Gasteiger partial charge in [0.2, 0.25) is 5.91 Å². The zero-order valence-corrected chi connectivity index (χ0v) is 19.7. The molecule has 0 saturated heterocycles. The lowest BCUT2D eigenvalue weighted by atomic mass is 10.0. The molecule has 0 unspecified atom stereocenters. The van der Waals surface area contributed by atoms with E-state index in [1.165, 1.54) is 18.9 Å². The highest BCUT2D eigenvalue weighted by molar-refractivity contribution is 9.11. The van der Waals surface area contributed by atoms with Gasteiger partial charge in [0.15, 0.2) is 5.75 Å². The van der Waals surface area contributed by atoms with Crippen LogP contribution in [0.2, 0.25) is 0 Å². The molecule has 156 valence electrons. The van der Waals surface area contributed by atoms with Gasteiger partial charge in [0.1, 0.15) is 17.5 Å². The van der Waals surface area contributed by atoms with Crippen molar-refractivity contribution < 1.29 is 24.5 Å². The van der Waals surface area contributed by atoms with E-state index in [9.17, 15) is 14.7 Å². The normalized spacial score (nSPS) is 12.0. The second-order valence-corrected chi connectivity index (χ2v) is 8.77. The number of phenolic OH excluding ortho intramolecular Hbond substituents is 1. The zero-order valence-electron chi connectivity index (χ0n) is 16.6. The van der Waals surface area contributed by atoms with Crippen LogP contribution in [-0.4, -0.2) is 40.1 Å². The summed E-state index contributed by atoms with van der Waals surface area (Å²) in [5.74, 6) is 0.123. The summed E-state index contributed by atoms with van der Waals surface area (Å²) >= 11 is 6.95. The molecule has 1 atom stereocenters. The standard InChI is InChI=1S/C21H23Br2NO5/c1-11(2)15-10-14(5-6-18(15)25)29-20-16(22)7-13(8-17(20)23)9-19(26)24(4)12(3)21(27)28/h5-8,10-12,25H,9H2,1-4H3,(H,27,28)/t12-/m0/s1. The number of hydrogen-bond acceptors (Lipinski definition) is 4. The Hall–Kier alpha value is -2.06. The molecule has 2 N–H and O–H groups in total. The number of likely N-dealkylation sites (N-methyl/N-ethyl adjacent to an activating group) is 1. The van der Waals surface area contributed by atoms with Crippen molar-refractivity contribution in [3.63, 3.8) is 0 Å². The van der Waals surface area contributed by atoms with E-state index < -0.39 is 12.0 Å². The molecular weight excluding hydrogens is 506 g/mol. The van der Waals surface area contributed by atoms with E-state index in [0.29, 0.717) is 26.0 Å². The molecule has 0 spiro atoms. The third-order valence-electron chi connectivity index (χ3n) is 4.59. The number of carbonyl (C=O) groups is 2. The topological polar surface area (TPSA) is 87.1 Å². The Balaban J connectivity index is 2.23. The second-order valence-electron chi connectivity index (χ2n) is 7.06. The summed E-state index contributed by atoms with van der Waals surface area (Å²) in [4.78, 5) is 24.6. The van der Waals surface area contributed by atoms with Crippen LogP contribution in [0.5, 0.6) is 17.2 Å². The van der Waals surface area contributed by atoms with Crippen molar-refractivity contribution in [1.29, 1.82) is 0 Å². The summed E-state index contributed by atoms with van der Waals surface area (Å²) in [6.45, 7) is 5.43. The minimum Gasteiger partial charge on any atom is -0.508 e. The molecule has 0 aliphatic rings. The molecule has 6 nitrogen and oxygen atoms in total. The Morgan fingerprint density at radius 3 is 2.21 bits per heavy atom. The van der Waals surface area contributed by atoms with E-state index in [4.69, 9.17) is 9.84 Å². The molecule has 8 heteroatoms. The van der Waals surface area contributed by atoms with Crippen LogP contribution in [0.15, 0.2) is 39.3 Å². The van der Waals surface area contributed by atoms with Crippen LogP contribution in [0.25, 0.3) is 0 Å². The maximum Gasteiger partial charge on any atom is 0.326 e. The molecule has 0 aliphatic carbocycles. The fourth-order valence-corrected chi connectivity index (χ4v) is 4.11. The first kappa shape index (κ1) is 23.2. The number of nitrogens with zero attached hydrogens (tertiary/aromatic N) is 1. The Labute approximate surface area is 186 Å². The number of benzene rings is 2. The summed E-state index contributed by atoms with van der Waals surface area (Å²) in [5, 5.41) is 19.0. The van der Waals surface area contributed by atoms with E-state index in [-0.39, 0.29) is 24.0 Å². The molecular formula is C21H23Br2NO5. The van der Waals surface area contributed by atoms with Gasteiger partial charge in [0.25, 0.3) is 0 Å². The Kier molecular flexibility index (Phi) is 7.71. The maximum absolute atomic E-state index is 12.4. The highest BCUT2D eigenvalue weighted by Crippen LogP contribution is 2.39. The minimum atomic E-state index is -1.05. The SMILES string of the molecule is CC(C)c1cc(Oc2c(Br)cc(CC(=O)N(C)[C@@H](C)C(=O)O)cc2Br)ccc1O. The number of amides is 1. The van der Waals surface area contributed by atoms with E-state index in [0.717, 1.165) is 5.56 Å². The molecule has 0 saturated carbocycles. The average Bonchev–Trinajstić information content (AvgIpc) is 2.64. The number of aromatic hydroxyl groups is 1. The largest absolute Gasteiger partial charge is 0.508 e. The number of aliphatic carboxylic acids is 1. The fraction of sp³-hybridized carbons (Fsp3) is 0.333. The lowest BCUT2D eigenvalue weighted by molar-refractivity contribution is -0.148. The van der Waals surface area contributed by atoms with Gasteiger partial charge in [-0.25, -0.2) is 4.79 Å². The highest BCUT2D eigenvalue weighted by Gasteiger charge is 2.22. The van der Waals surface area contributed by atoms with Crippen molar-refractivity contribution in [3.8, 4) is 17.2 Å². The zero-order chi connectivity index (χ0) is 21.9. The summed E-state index contributed by atoms with van der Waals surface area (Å²) in [5.41, 5.74) is 1.49. The number of carboxylic acids is 1. The lowest BCUT2D eigenvalue weighted by Crippen LogP contribution is -2.41. The number of hydrogen-bond donors (Lipinski definition) is 2. The number of carbonyl (C=O) groups excluding carboxylic acids is 1. The Bertz CT molecular complexity index is 906. The monoisotopic (exact) mass is 527 g/mol. The van der Waals surface area contributed by atoms with E-state index in [2.05, 4.69) is 31.9 Å². The lowest BCUT2D eigenvalue weighted by Gasteiger charge is -2.21. The van der Waals surface area contributed by atoms with Crippen LogP contribution in [0.1, 0.15) is 37.8 Å². The van der Waals surface area contributed by atoms with Gasteiger partial charge >= 0.3 is 5.97 Å². The predicted octanol–water partition coefficient (Wildman–Crippen LogP) is 5.31. The molecule has 1 amide bonds. The van der Waals surface area contributed by atoms with E-state index >= 15 is 0 Å². The quantitative estimate of drug-likeness (QED) is 0.508. The van der Waals surface area contributed by atoms with Gasteiger partial charge in [-0.3, -0.25) is 4.79 Å². The molecule has 0 heterocycles. The third kappa shape index (κ3) is 5.73. The van der Waals surface area contributed by atoms with Crippen LogP contribution in [-0.2, 0) is 16.0 Å². The number of phenols is 1. The van der Waals surface area contributed by atoms with Crippen LogP contribution in [0.4, 0.5) is 0 Å². The fourth-order valence-electron chi connectivity index (χ4n) is 2.67. The summed E-state index contributed by atoms with van der Waals surface area (Å²) < 4.78 is 7.27. The smallest absolute Gasteiger partial charge is 0.326 e. The second kappa shape index (κ2) is 9.63. The van der Waals surface area contributed by atoms with Gasteiger partial charge < -0.3 is 19.8 Å². The number of carboxylic acid groups (broad SMARTS) is 1. The summed E-state index contributed by atoms with van der Waals surface area (Å²) in [6.07, 6.45) is 0.0578. The van der Waals surface area contributed by atoms with Crippen LogP contribution < -0.4 is 4.74 Å². The van der Waals surface area contributed by atoms with Gasteiger partial charge in [-0.15, -0.1) is 0 Å². The predicted molar refractivity (Wildman–Crippen MR) is 118 cm³/mol. The first-order chi connectivity index (χ1) is 13.5. The van der Waals surface area contributed by atoms with Gasteiger partial charge in [-0.05, 0) is 80.6 Å². The Morgan fingerprint density at radius 2 is 1.69 bits per heavy atom. The van der Waals surface area contributed by atoms with Gasteiger partial charge in [-0.2, -0.15) is 0 Å². The number of halogens is 2. The van der Waals surface area contributed by atoms with Crippen LogP contribution in [0, 0.1) is 0 Å². The third-order valence-corrected chi connectivity index (χ3v) is 5.76. The molecule has 2 rings (SSSR count). The molecule has 0 fully saturated rings. The van der Waals surface area contributed by atoms with Gasteiger partial charge in [0, 0.05) is 12.6 Å². The first-order valence-electron chi connectivity index (χ1n) is 8.98. The summed E-state index contributed by atoms with van der Waals surface area (Å²) in [7, 11) is 1.47. The summed E-state index contributed by atoms with van der Waals surface area (Å²) in [6, 6.07) is 7.70. The molecule has 2 aromatic rings. The molecule has 0 bridgehead atoms. The number of rotatable bonds is 7. The highest BCUT2D eigenvalue weighted by atomic mass is 79.9. The number of ether oxygens (including phenoxy) is 1. The van der Waals surface area contributed by atoms with Crippen molar-refractivity contribution in [2.75, 3.05) is 7.05 Å². The van der Waals surface area contributed by atoms with Crippen LogP contribution in [0.3, 0.4) is 0 Å². The van der Waals surface area contributed by atoms with Crippen LogP contribution >= 0.6 is 31.9 Å². The minimum absolute atomic E-state index is 0.0578. The van der Waals surface area contributed by atoms with Crippen molar-refractivity contribution in [2.24, 2.45) is 0 Å². The van der Waals surface area contributed by atoms with Crippen molar-refractivity contribution in [1.82, 2.24) is 4.90 Å². The van der Waals surface area contributed by atoms with Gasteiger partial charge in [-0.1, -0.05) is 13.8 Å². The van der Waals surface area contributed by atoms with E-state index in [1.54, 1.807) is 30.3 Å². The van der Waals surface area contributed by atoms with E-state index in [1.807, 2.05) is 13.8 Å². The molecule has 2 aromatic carbocycles. The Morgan fingerprint density at radius 1 is 1.10 bits per heavy atom. The van der Waals surface area contributed by atoms with Crippen molar-refractivity contribution in [2.45, 2.75) is 39.2 Å². The van der Waals surface area contributed by atoms with Crippen molar-refractivity contribution >= 4 is 43.7 Å². The van der Waals surface area contributed by atoms with Gasteiger partial charge in [0.05, 0.1) is 15.4 Å². The molecule has 0 radical (unpaired) electrons.